The van der Waals surface area contributed by atoms with E-state index in [1.54, 1.807) is 7.11 Å². The van der Waals surface area contributed by atoms with Gasteiger partial charge in [0.1, 0.15) is 5.75 Å². The number of carbonyl (C=O) groups is 1. The molecule has 1 heterocycles. The molecule has 0 radical (unpaired) electrons. The fraction of sp³-hybridized carbons (Fsp3) is 0.0435. The lowest BCUT2D eigenvalue weighted by atomic mass is 10.0. The van der Waals surface area contributed by atoms with Crippen molar-refractivity contribution in [2.45, 2.75) is 0 Å². The summed E-state index contributed by atoms with van der Waals surface area (Å²) in [6, 6.07) is 25.6. The van der Waals surface area contributed by atoms with E-state index in [2.05, 4.69) is 10.3 Å². The van der Waals surface area contributed by atoms with Crippen molar-refractivity contribution >= 4 is 34.6 Å². The van der Waals surface area contributed by atoms with Crippen LogP contribution in [-0.4, -0.2) is 18.2 Å². The van der Waals surface area contributed by atoms with Crippen LogP contribution in [0.4, 0.5) is 5.69 Å². The highest BCUT2D eigenvalue weighted by Crippen LogP contribution is 2.29. The first kappa shape index (κ1) is 18.1. The topological polar surface area (TPSA) is 50.7 Å². The number of hydrogen-bond donors (Lipinski definition) is 1. The van der Waals surface area contributed by atoms with Gasteiger partial charge in [-0.05, 0) is 58.8 Å². The lowest BCUT2D eigenvalue weighted by Crippen LogP contribution is -2.19. The molecule has 3 aromatic carbocycles. The molecule has 1 fully saturated rings. The Hall–Kier alpha value is -3.31. The molecule has 0 bridgehead atoms. The van der Waals surface area contributed by atoms with Crippen molar-refractivity contribution in [3.63, 3.8) is 0 Å². The monoisotopic (exact) mass is 386 g/mol. The number of amides is 1. The number of methoxy groups -OCH3 is 1. The third-order valence-corrected chi connectivity index (χ3v) is 5.16. The second-order valence-corrected chi connectivity index (χ2v) is 7.20. The molecule has 138 valence electrons. The molecular weight excluding hydrogens is 368 g/mol. The van der Waals surface area contributed by atoms with Crippen LogP contribution in [0.15, 0.2) is 88.8 Å². The number of aliphatic imine (C=N–C) groups is 1. The minimum absolute atomic E-state index is 0.128. The van der Waals surface area contributed by atoms with Crippen molar-refractivity contribution in [2.75, 3.05) is 7.11 Å². The predicted octanol–water partition coefficient (Wildman–Crippen LogP) is 5.25. The Balaban J connectivity index is 1.52. The van der Waals surface area contributed by atoms with E-state index in [9.17, 15) is 4.79 Å². The molecule has 1 aliphatic heterocycles. The van der Waals surface area contributed by atoms with Gasteiger partial charge in [0.25, 0.3) is 5.91 Å². The fourth-order valence-corrected chi connectivity index (χ4v) is 3.67. The third-order valence-electron chi connectivity index (χ3n) is 4.25. The number of nitrogens with one attached hydrogen (secondary N) is 1. The van der Waals surface area contributed by atoms with E-state index in [4.69, 9.17) is 4.74 Å². The summed E-state index contributed by atoms with van der Waals surface area (Å²) in [4.78, 5) is 17.3. The first-order valence-corrected chi connectivity index (χ1v) is 9.62. The molecule has 0 spiro atoms. The maximum absolute atomic E-state index is 12.2. The van der Waals surface area contributed by atoms with E-state index in [-0.39, 0.29) is 5.91 Å². The molecule has 1 aliphatic rings. The molecule has 5 heteroatoms. The molecule has 1 saturated heterocycles. The van der Waals surface area contributed by atoms with Crippen LogP contribution in [0.3, 0.4) is 0 Å². The van der Waals surface area contributed by atoms with Crippen LogP contribution >= 0.6 is 11.8 Å². The number of nitrogens with zero attached hydrogens (tertiary/aromatic N) is 1. The molecule has 1 amide bonds. The normalized spacial score (nSPS) is 16.4. The highest BCUT2D eigenvalue weighted by Gasteiger charge is 2.23. The summed E-state index contributed by atoms with van der Waals surface area (Å²) in [5, 5.41) is 3.41. The van der Waals surface area contributed by atoms with E-state index in [1.165, 1.54) is 11.8 Å². The first-order chi connectivity index (χ1) is 13.7. The summed E-state index contributed by atoms with van der Waals surface area (Å²) in [5.74, 6) is 0.699. The van der Waals surface area contributed by atoms with Gasteiger partial charge < -0.3 is 10.1 Å². The van der Waals surface area contributed by atoms with Gasteiger partial charge in [-0.2, -0.15) is 0 Å². The lowest BCUT2D eigenvalue weighted by molar-refractivity contribution is -0.115. The van der Waals surface area contributed by atoms with Gasteiger partial charge in [-0.3, -0.25) is 4.79 Å². The summed E-state index contributed by atoms with van der Waals surface area (Å²) in [5.41, 5.74) is 3.96. The average molecular weight is 386 g/mol. The fourth-order valence-electron chi connectivity index (χ4n) is 2.83. The van der Waals surface area contributed by atoms with E-state index in [0.29, 0.717) is 10.1 Å². The number of hydrogen-bond acceptors (Lipinski definition) is 4. The Labute approximate surface area is 168 Å². The van der Waals surface area contributed by atoms with Crippen molar-refractivity contribution in [3.8, 4) is 16.9 Å². The maximum Gasteiger partial charge on any atom is 0.264 e. The van der Waals surface area contributed by atoms with Crippen LogP contribution in [0.5, 0.6) is 5.75 Å². The number of amidine groups is 1. The van der Waals surface area contributed by atoms with Crippen LogP contribution in [0, 0.1) is 0 Å². The molecule has 4 nitrogen and oxygen atoms in total. The quantitative estimate of drug-likeness (QED) is 0.623. The van der Waals surface area contributed by atoms with Crippen LogP contribution in [0.2, 0.25) is 0 Å². The Bertz CT molecular complexity index is 1060. The Morgan fingerprint density at radius 3 is 2.46 bits per heavy atom. The zero-order valence-electron chi connectivity index (χ0n) is 15.3. The van der Waals surface area contributed by atoms with Gasteiger partial charge in [-0.1, -0.05) is 54.6 Å². The summed E-state index contributed by atoms with van der Waals surface area (Å²) < 4.78 is 5.29. The van der Waals surface area contributed by atoms with E-state index < -0.39 is 0 Å². The number of ether oxygens (including phenoxy) is 1. The van der Waals surface area contributed by atoms with Gasteiger partial charge in [-0.25, -0.2) is 4.99 Å². The molecule has 1 N–H and O–H groups in total. The minimum atomic E-state index is -0.128. The average Bonchev–Trinajstić information content (AvgIpc) is 3.08. The molecule has 0 aromatic heterocycles. The van der Waals surface area contributed by atoms with Crippen LogP contribution in [0.1, 0.15) is 5.56 Å². The van der Waals surface area contributed by atoms with Crippen molar-refractivity contribution in [2.24, 2.45) is 4.99 Å². The lowest BCUT2D eigenvalue weighted by Gasteiger charge is -2.05. The summed E-state index contributed by atoms with van der Waals surface area (Å²) in [6.07, 6.45) is 1.88. The second-order valence-electron chi connectivity index (χ2n) is 6.17. The summed E-state index contributed by atoms with van der Waals surface area (Å²) >= 11 is 1.35. The Morgan fingerprint density at radius 1 is 0.929 bits per heavy atom. The number of rotatable bonds is 4. The van der Waals surface area contributed by atoms with Gasteiger partial charge in [0.2, 0.25) is 0 Å². The van der Waals surface area contributed by atoms with Gasteiger partial charge >= 0.3 is 0 Å². The van der Waals surface area contributed by atoms with E-state index >= 15 is 0 Å². The zero-order chi connectivity index (χ0) is 19.3. The predicted molar refractivity (Wildman–Crippen MR) is 116 cm³/mol. The van der Waals surface area contributed by atoms with Crippen molar-refractivity contribution in [1.82, 2.24) is 5.32 Å². The number of benzene rings is 3. The van der Waals surface area contributed by atoms with Gasteiger partial charge in [0.05, 0.1) is 17.7 Å². The molecule has 0 unspecified atom stereocenters. The van der Waals surface area contributed by atoms with Crippen molar-refractivity contribution in [1.29, 1.82) is 0 Å². The van der Waals surface area contributed by atoms with Crippen molar-refractivity contribution < 1.29 is 9.53 Å². The van der Waals surface area contributed by atoms with Crippen molar-refractivity contribution in [3.05, 3.63) is 89.3 Å². The smallest absolute Gasteiger partial charge is 0.264 e. The molecular formula is C23H18N2O2S. The number of thioether (sulfide) groups is 1. The molecule has 3 aromatic rings. The molecule has 0 aliphatic carbocycles. The maximum atomic E-state index is 12.2. The van der Waals surface area contributed by atoms with E-state index in [0.717, 1.165) is 28.1 Å². The number of para-hydroxylation sites is 1. The molecule has 4 rings (SSSR count). The van der Waals surface area contributed by atoms with Crippen LogP contribution in [0.25, 0.3) is 17.2 Å². The summed E-state index contributed by atoms with van der Waals surface area (Å²) in [7, 11) is 1.66. The highest BCUT2D eigenvalue weighted by molar-refractivity contribution is 8.18. The highest BCUT2D eigenvalue weighted by atomic mass is 32.2. The molecule has 0 atom stereocenters. The Kier molecular flexibility index (Phi) is 5.26. The van der Waals surface area contributed by atoms with Gasteiger partial charge in [0.15, 0.2) is 5.17 Å². The SMILES string of the molecule is COc1cccc(-c2ccc(C=C3SC(=Nc4ccccc4)NC3=O)cc2)c1. The number of carbonyl (C=O) groups excluding carboxylic acids is 1. The standard InChI is InChI=1S/C23H18N2O2S/c1-27-20-9-5-6-18(15-20)17-12-10-16(11-13-17)14-21-22(26)25-23(28-21)24-19-7-3-2-4-8-19/h2-15H,1H3,(H,24,25,26). The third kappa shape index (κ3) is 4.15. The second kappa shape index (κ2) is 8.15. The molecule has 28 heavy (non-hydrogen) atoms. The molecule has 0 saturated carbocycles. The largest absolute Gasteiger partial charge is 0.497 e. The summed E-state index contributed by atoms with van der Waals surface area (Å²) in [6.45, 7) is 0. The van der Waals surface area contributed by atoms with Crippen LogP contribution in [-0.2, 0) is 4.79 Å². The van der Waals surface area contributed by atoms with E-state index in [1.807, 2.05) is 84.9 Å². The van der Waals surface area contributed by atoms with Gasteiger partial charge in [-0.15, -0.1) is 0 Å². The minimum Gasteiger partial charge on any atom is -0.497 e. The first-order valence-electron chi connectivity index (χ1n) is 8.80. The zero-order valence-corrected chi connectivity index (χ0v) is 16.1. The van der Waals surface area contributed by atoms with Gasteiger partial charge in [0, 0.05) is 0 Å². The Morgan fingerprint density at radius 2 is 1.71 bits per heavy atom. The van der Waals surface area contributed by atoms with Crippen LogP contribution < -0.4 is 10.1 Å².